The van der Waals surface area contributed by atoms with Gasteiger partial charge in [0.25, 0.3) is 5.91 Å². The van der Waals surface area contributed by atoms with Crippen LogP contribution in [0.1, 0.15) is 26.7 Å². The summed E-state index contributed by atoms with van der Waals surface area (Å²) in [5.74, 6) is 1.25. The molecule has 0 radical (unpaired) electrons. The third-order valence-corrected chi connectivity index (χ3v) is 4.07. The molecule has 2 N–H and O–H groups in total. The third-order valence-electron chi connectivity index (χ3n) is 4.07. The molecular formula is C16H23ClN2O3. The van der Waals surface area contributed by atoms with E-state index in [-0.39, 0.29) is 30.5 Å². The molecule has 4 unspecified atom stereocenters. The van der Waals surface area contributed by atoms with Gasteiger partial charge in [0, 0.05) is 12.1 Å². The van der Waals surface area contributed by atoms with Gasteiger partial charge in [-0.05, 0) is 45.4 Å². The van der Waals surface area contributed by atoms with Crippen LogP contribution in [0.15, 0.2) is 24.3 Å². The van der Waals surface area contributed by atoms with Crippen molar-refractivity contribution in [2.75, 3.05) is 6.54 Å². The van der Waals surface area contributed by atoms with Crippen molar-refractivity contribution in [3.63, 3.8) is 0 Å². The average Bonchev–Trinajstić information content (AvgIpc) is 2.46. The molecule has 0 aromatic heterocycles. The summed E-state index contributed by atoms with van der Waals surface area (Å²) in [6, 6.07) is 8.10. The van der Waals surface area contributed by atoms with Crippen LogP contribution in [-0.4, -0.2) is 36.7 Å². The van der Waals surface area contributed by atoms with Gasteiger partial charge >= 0.3 is 0 Å². The number of rotatable bonds is 2. The number of ether oxygens (including phenoxy) is 2. The minimum absolute atomic E-state index is 0. The molecule has 1 aromatic carbocycles. The monoisotopic (exact) mass is 326 g/mol. The Morgan fingerprint density at radius 3 is 2.59 bits per heavy atom. The standard InChI is InChI=1S/C16H22N2O3.ClH/c1-10-9-12(7-8-17-10)18-16(19)15-11(2)20-13-5-3-4-6-14(13)21-15;/h3-6,10-12,15,17H,7-9H2,1-2H3,(H,18,19);1H. The van der Waals surface area contributed by atoms with E-state index in [0.717, 1.165) is 19.4 Å². The summed E-state index contributed by atoms with van der Waals surface area (Å²) in [5.41, 5.74) is 0. The van der Waals surface area contributed by atoms with E-state index in [2.05, 4.69) is 17.6 Å². The number of amides is 1. The number of carbonyl (C=O) groups excluding carboxylic acids is 1. The predicted octanol–water partition coefficient (Wildman–Crippen LogP) is 1.89. The second-order valence-corrected chi connectivity index (χ2v) is 5.89. The fourth-order valence-electron chi connectivity index (χ4n) is 2.95. The summed E-state index contributed by atoms with van der Waals surface area (Å²) < 4.78 is 11.6. The molecule has 2 aliphatic rings. The summed E-state index contributed by atoms with van der Waals surface area (Å²) in [4.78, 5) is 12.5. The van der Waals surface area contributed by atoms with Gasteiger partial charge < -0.3 is 20.1 Å². The first-order valence-electron chi connectivity index (χ1n) is 7.59. The molecule has 1 fully saturated rings. The van der Waals surface area contributed by atoms with Gasteiger partial charge in [-0.2, -0.15) is 0 Å². The number of hydrogen-bond donors (Lipinski definition) is 2. The van der Waals surface area contributed by atoms with E-state index < -0.39 is 6.10 Å². The van der Waals surface area contributed by atoms with Crippen molar-refractivity contribution in [1.82, 2.24) is 10.6 Å². The predicted molar refractivity (Wildman–Crippen MR) is 86.8 cm³/mol. The number of benzene rings is 1. The maximum atomic E-state index is 12.5. The number of halogens is 1. The normalized spacial score (nSPS) is 30.1. The highest BCUT2D eigenvalue weighted by Gasteiger charge is 2.35. The summed E-state index contributed by atoms with van der Waals surface area (Å²) in [5, 5.41) is 6.48. The fraction of sp³-hybridized carbons (Fsp3) is 0.562. The molecule has 122 valence electrons. The van der Waals surface area contributed by atoms with Crippen LogP contribution in [0.4, 0.5) is 0 Å². The molecule has 0 saturated carbocycles. The first-order valence-corrected chi connectivity index (χ1v) is 7.59. The van der Waals surface area contributed by atoms with Gasteiger partial charge in [0.1, 0.15) is 6.10 Å². The topological polar surface area (TPSA) is 59.6 Å². The number of hydrogen-bond acceptors (Lipinski definition) is 4. The minimum Gasteiger partial charge on any atom is -0.482 e. The second kappa shape index (κ2) is 7.20. The average molecular weight is 327 g/mol. The minimum atomic E-state index is -0.593. The molecule has 0 spiro atoms. The van der Waals surface area contributed by atoms with Gasteiger partial charge in [-0.15, -0.1) is 12.4 Å². The zero-order chi connectivity index (χ0) is 14.8. The highest BCUT2D eigenvalue weighted by Crippen LogP contribution is 2.33. The van der Waals surface area contributed by atoms with Gasteiger partial charge in [0.15, 0.2) is 11.5 Å². The van der Waals surface area contributed by atoms with Crippen LogP contribution in [0.5, 0.6) is 11.5 Å². The summed E-state index contributed by atoms with van der Waals surface area (Å²) in [7, 11) is 0. The Morgan fingerprint density at radius 1 is 1.23 bits per heavy atom. The Hall–Kier alpha value is -1.46. The molecule has 6 heteroatoms. The van der Waals surface area contributed by atoms with Gasteiger partial charge in [0.05, 0.1) is 0 Å². The Labute approximate surface area is 137 Å². The van der Waals surface area contributed by atoms with Crippen molar-refractivity contribution in [3.8, 4) is 11.5 Å². The zero-order valence-corrected chi connectivity index (χ0v) is 13.7. The number of fused-ring (bicyclic) bond motifs is 1. The van der Waals surface area contributed by atoms with Crippen molar-refractivity contribution < 1.29 is 14.3 Å². The molecular weight excluding hydrogens is 304 g/mol. The van der Waals surface area contributed by atoms with Crippen LogP contribution in [0.25, 0.3) is 0 Å². The maximum Gasteiger partial charge on any atom is 0.265 e. The van der Waals surface area contributed by atoms with Gasteiger partial charge in [-0.25, -0.2) is 0 Å². The van der Waals surface area contributed by atoms with Crippen molar-refractivity contribution in [3.05, 3.63) is 24.3 Å². The van der Waals surface area contributed by atoms with E-state index in [4.69, 9.17) is 9.47 Å². The van der Waals surface area contributed by atoms with Crippen molar-refractivity contribution in [1.29, 1.82) is 0 Å². The van der Waals surface area contributed by atoms with E-state index in [1.807, 2.05) is 31.2 Å². The molecule has 3 rings (SSSR count). The van der Waals surface area contributed by atoms with Crippen LogP contribution >= 0.6 is 12.4 Å². The highest BCUT2D eigenvalue weighted by molar-refractivity contribution is 5.85. The smallest absolute Gasteiger partial charge is 0.265 e. The number of piperidine rings is 1. The fourth-order valence-corrected chi connectivity index (χ4v) is 2.95. The van der Waals surface area contributed by atoms with E-state index in [0.29, 0.717) is 17.5 Å². The number of nitrogens with one attached hydrogen (secondary N) is 2. The molecule has 2 heterocycles. The first-order chi connectivity index (χ1) is 10.1. The lowest BCUT2D eigenvalue weighted by Gasteiger charge is -2.34. The zero-order valence-electron chi connectivity index (χ0n) is 12.9. The van der Waals surface area contributed by atoms with E-state index in [1.54, 1.807) is 0 Å². The van der Waals surface area contributed by atoms with Gasteiger partial charge in [-0.3, -0.25) is 4.79 Å². The Kier molecular flexibility index (Phi) is 5.53. The highest BCUT2D eigenvalue weighted by atomic mass is 35.5. The summed E-state index contributed by atoms with van der Waals surface area (Å²) >= 11 is 0. The third kappa shape index (κ3) is 3.65. The Balaban J connectivity index is 0.00000176. The molecule has 1 amide bonds. The van der Waals surface area contributed by atoms with E-state index in [1.165, 1.54) is 0 Å². The Bertz CT molecular complexity index is 526. The van der Waals surface area contributed by atoms with E-state index >= 15 is 0 Å². The molecule has 0 bridgehead atoms. The van der Waals surface area contributed by atoms with Crippen LogP contribution in [0, 0.1) is 0 Å². The van der Waals surface area contributed by atoms with Crippen LogP contribution < -0.4 is 20.1 Å². The van der Waals surface area contributed by atoms with Crippen LogP contribution in [0.2, 0.25) is 0 Å². The summed E-state index contributed by atoms with van der Waals surface area (Å²) in [6.45, 7) is 4.94. The first kappa shape index (κ1) is 16.9. The molecule has 1 saturated heterocycles. The molecule has 4 atom stereocenters. The quantitative estimate of drug-likeness (QED) is 0.871. The van der Waals surface area contributed by atoms with Gasteiger partial charge in [0.2, 0.25) is 6.10 Å². The molecule has 22 heavy (non-hydrogen) atoms. The van der Waals surface area contributed by atoms with Crippen molar-refractivity contribution >= 4 is 18.3 Å². The van der Waals surface area contributed by atoms with Crippen molar-refractivity contribution in [2.24, 2.45) is 0 Å². The lowest BCUT2D eigenvalue weighted by Crippen LogP contribution is -2.54. The lowest BCUT2D eigenvalue weighted by molar-refractivity contribution is -0.134. The largest absolute Gasteiger partial charge is 0.482 e. The maximum absolute atomic E-state index is 12.5. The molecule has 0 aliphatic carbocycles. The molecule has 5 nitrogen and oxygen atoms in total. The van der Waals surface area contributed by atoms with Gasteiger partial charge in [-0.1, -0.05) is 12.1 Å². The van der Waals surface area contributed by atoms with Crippen LogP contribution in [0.3, 0.4) is 0 Å². The van der Waals surface area contributed by atoms with Crippen molar-refractivity contribution in [2.45, 2.75) is 51.0 Å². The SMILES string of the molecule is CC1CC(NC(=O)C2Oc3ccccc3OC2C)CCN1.Cl. The van der Waals surface area contributed by atoms with Crippen LogP contribution in [-0.2, 0) is 4.79 Å². The number of para-hydroxylation sites is 2. The number of carbonyl (C=O) groups is 1. The summed E-state index contributed by atoms with van der Waals surface area (Å²) in [6.07, 6.45) is 1.02. The second-order valence-electron chi connectivity index (χ2n) is 5.89. The van der Waals surface area contributed by atoms with E-state index in [9.17, 15) is 4.79 Å². The molecule has 2 aliphatic heterocycles. The lowest BCUT2D eigenvalue weighted by atomic mass is 10.00. The Morgan fingerprint density at radius 2 is 1.91 bits per heavy atom. The molecule has 1 aromatic rings.